The predicted octanol–water partition coefficient (Wildman–Crippen LogP) is 3.76. The van der Waals surface area contributed by atoms with Crippen molar-refractivity contribution in [3.8, 4) is 22.5 Å². The standard InChI is InChI=1S/C28H28N6O3.H2/c1-17(35)33-9-10-34-25(16-33)26(32-28(34)18-7-11-37-12-8-18)21-4-2-3-19-13-24(31-15-22(19)21)20-5-6-23(27(29)36)30-14-20;/h2-6,13-15,18H,7-12,16H2,1H3,(H2,29,36);1H. The van der Waals surface area contributed by atoms with Gasteiger partial charge in [-0.1, -0.05) is 18.2 Å². The number of nitrogens with two attached hydrogens (primary N) is 1. The molecule has 2 N–H and O–H groups in total. The molecule has 0 aliphatic carbocycles. The number of carbonyl (C=O) groups is 2. The van der Waals surface area contributed by atoms with Crippen LogP contribution in [0.2, 0.25) is 0 Å². The maximum absolute atomic E-state index is 12.2. The number of pyridine rings is 2. The lowest BCUT2D eigenvalue weighted by Crippen LogP contribution is -2.37. The van der Waals surface area contributed by atoms with Gasteiger partial charge >= 0.3 is 0 Å². The van der Waals surface area contributed by atoms with Gasteiger partial charge in [-0.25, -0.2) is 4.98 Å². The summed E-state index contributed by atoms with van der Waals surface area (Å²) in [5.74, 6) is 0.958. The van der Waals surface area contributed by atoms with Gasteiger partial charge in [-0.2, -0.15) is 0 Å². The number of amides is 2. The molecule has 1 saturated heterocycles. The van der Waals surface area contributed by atoms with Gasteiger partial charge < -0.3 is 19.9 Å². The molecule has 5 heterocycles. The molecule has 0 unspecified atom stereocenters. The molecule has 9 nitrogen and oxygen atoms in total. The average molecular weight is 499 g/mol. The highest BCUT2D eigenvalue weighted by molar-refractivity contribution is 5.97. The van der Waals surface area contributed by atoms with Crippen LogP contribution < -0.4 is 5.73 Å². The molecule has 1 fully saturated rings. The summed E-state index contributed by atoms with van der Waals surface area (Å²) >= 11 is 0. The minimum Gasteiger partial charge on any atom is -0.381 e. The number of carbonyl (C=O) groups excluding carboxylic acids is 2. The molecule has 3 aromatic heterocycles. The van der Waals surface area contributed by atoms with E-state index in [1.165, 1.54) is 0 Å². The molecular formula is C28H30N6O3. The highest BCUT2D eigenvalue weighted by atomic mass is 16.5. The largest absolute Gasteiger partial charge is 0.381 e. The number of fused-ring (bicyclic) bond motifs is 2. The van der Waals surface area contributed by atoms with Crippen LogP contribution in [0.15, 0.2) is 48.8 Å². The summed E-state index contributed by atoms with van der Waals surface area (Å²) in [6.45, 7) is 5.10. The smallest absolute Gasteiger partial charge is 0.267 e. The molecule has 2 aliphatic heterocycles. The Hall–Kier alpha value is -4.11. The molecule has 1 aromatic carbocycles. The number of benzene rings is 1. The minimum atomic E-state index is -0.561. The van der Waals surface area contributed by atoms with Gasteiger partial charge in [0.15, 0.2) is 0 Å². The lowest BCUT2D eigenvalue weighted by Gasteiger charge is -2.30. The first-order chi connectivity index (χ1) is 18.0. The van der Waals surface area contributed by atoms with E-state index in [1.54, 1.807) is 25.3 Å². The second-order valence-electron chi connectivity index (χ2n) is 9.64. The van der Waals surface area contributed by atoms with Crippen LogP contribution in [0.5, 0.6) is 0 Å². The molecule has 37 heavy (non-hydrogen) atoms. The number of rotatable bonds is 4. The monoisotopic (exact) mass is 498 g/mol. The van der Waals surface area contributed by atoms with Gasteiger partial charge in [-0.15, -0.1) is 0 Å². The molecule has 9 heteroatoms. The summed E-state index contributed by atoms with van der Waals surface area (Å²) in [6, 6.07) is 11.6. The Kier molecular flexibility index (Phi) is 5.92. The van der Waals surface area contributed by atoms with Crippen molar-refractivity contribution in [2.24, 2.45) is 5.73 Å². The van der Waals surface area contributed by atoms with E-state index in [9.17, 15) is 9.59 Å². The van der Waals surface area contributed by atoms with Gasteiger partial charge in [0.1, 0.15) is 11.5 Å². The zero-order chi connectivity index (χ0) is 25.5. The first-order valence-corrected chi connectivity index (χ1v) is 12.6. The SMILES string of the molecule is CC(=O)N1CCn2c(C3CCOCC3)nc(-c3cccc4cc(-c5ccc(C(N)=O)nc5)ncc34)c2C1.[HH]. The van der Waals surface area contributed by atoms with Crippen molar-refractivity contribution in [2.45, 2.75) is 38.8 Å². The van der Waals surface area contributed by atoms with Crippen LogP contribution in [0.4, 0.5) is 0 Å². The fourth-order valence-corrected chi connectivity index (χ4v) is 5.37. The topological polar surface area (TPSA) is 116 Å². The number of hydrogen-bond acceptors (Lipinski definition) is 6. The molecule has 190 valence electrons. The fraction of sp³-hybridized carbons (Fsp3) is 0.321. The summed E-state index contributed by atoms with van der Waals surface area (Å²) in [4.78, 5) is 39.6. The number of hydrogen-bond donors (Lipinski definition) is 1. The quantitative estimate of drug-likeness (QED) is 0.458. The Morgan fingerprint density at radius 3 is 2.65 bits per heavy atom. The zero-order valence-corrected chi connectivity index (χ0v) is 20.7. The molecule has 0 saturated carbocycles. The van der Waals surface area contributed by atoms with Crippen LogP contribution in [0.1, 0.15) is 49.1 Å². The second kappa shape index (κ2) is 9.40. The Labute approximate surface area is 215 Å². The summed E-state index contributed by atoms with van der Waals surface area (Å²) in [7, 11) is 0. The van der Waals surface area contributed by atoms with E-state index in [1.807, 2.05) is 23.2 Å². The molecule has 0 bridgehead atoms. The molecular weight excluding hydrogens is 468 g/mol. The first kappa shape index (κ1) is 23.3. The summed E-state index contributed by atoms with van der Waals surface area (Å²) in [5.41, 5.74) is 10.1. The van der Waals surface area contributed by atoms with E-state index in [0.29, 0.717) is 19.0 Å². The maximum Gasteiger partial charge on any atom is 0.267 e. The van der Waals surface area contributed by atoms with Gasteiger partial charge in [-0.3, -0.25) is 19.6 Å². The summed E-state index contributed by atoms with van der Waals surface area (Å²) < 4.78 is 7.93. The maximum atomic E-state index is 12.2. The van der Waals surface area contributed by atoms with Crippen molar-refractivity contribution < 1.29 is 15.8 Å². The van der Waals surface area contributed by atoms with Crippen molar-refractivity contribution in [1.29, 1.82) is 0 Å². The van der Waals surface area contributed by atoms with Crippen LogP contribution >= 0.6 is 0 Å². The molecule has 0 spiro atoms. The van der Waals surface area contributed by atoms with E-state index in [0.717, 1.165) is 77.4 Å². The van der Waals surface area contributed by atoms with Gasteiger partial charge in [0, 0.05) is 69.5 Å². The Morgan fingerprint density at radius 1 is 1.08 bits per heavy atom. The Bertz CT molecular complexity index is 1510. The number of ether oxygens (including phenoxy) is 1. The number of imidazole rings is 1. The normalized spacial score (nSPS) is 16.1. The number of aromatic nitrogens is 4. The third-order valence-electron chi connectivity index (χ3n) is 7.40. The van der Waals surface area contributed by atoms with E-state index < -0.39 is 5.91 Å². The van der Waals surface area contributed by atoms with E-state index in [2.05, 4.69) is 21.7 Å². The Balaban J connectivity index is 0.00000294. The third kappa shape index (κ3) is 4.25. The van der Waals surface area contributed by atoms with E-state index in [-0.39, 0.29) is 13.0 Å². The predicted molar refractivity (Wildman–Crippen MR) is 141 cm³/mol. The lowest BCUT2D eigenvalue weighted by atomic mass is 9.99. The Morgan fingerprint density at radius 2 is 1.92 bits per heavy atom. The van der Waals surface area contributed by atoms with Crippen LogP contribution in [-0.4, -0.2) is 56.0 Å². The number of nitrogens with zero attached hydrogens (tertiary/aromatic N) is 5. The van der Waals surface area contributed by atoms with Crippen LogP contribution in [0, 0.1) is 0 Å². The van der Waals surface area contributed by atoms with Crippen LogP contribution in [0.25, 0.3) is 33.3 Å². The lowest BCUT2D eigenvalue weighted by molar-refractivity contribution is -0.130. The molecule has 2 amide bonds. The summed E-state index contributed by atoms with van der Waals surface area (Å²) in [6.07, 6.45) is 5.39. The van der Waals surface area contributed by atoms with Gasteiger partial charge in [-0.05, 0) is 36.4 Å². The molecule has 4 aromatic rings. The molecule has 0 radical (unpaired) electrons. The van der Waals surface area contributed by atoms with Gasteiger partial charge in [0.05, 0.1) is 23.6 Å². The van der Waals surface area contributed by atoms with Crippen LogP contribution in [0.3, 0.4) is 0 Å². The fourth-order valence-electron chi connectivity index (χ4n) is 5.37. The van der Waals surface area contributed by atoms with Crippen molar-refractivity contribution in [3.63, 3.8) is 0 Å². The number of primary amides is 1. The molecule has 6 rings (SSSR count). The second-order valence-corrected chi connectivity index (χ2v) is 9.64. The van der Waals surface area contributed by atoms with Crippen molar-refractivity contribution in [3.05, 3.63) is 66.0 Å². The first-order valence-electron chi connectivity index (χ1n) is 12.6. The molecule has 0 atom stereocenters. The van der Waals surface area contributed by atoms with Gasteiger partial charge in [0.25, 0.3) is 5.91 Å². The van der Waals surface area contributed by atoms with Crippen molar-refractivity contribution >= 4 is 22.6 Å². The highest BCUT2D eigenvalue weighted by Gasteiger charge is 2.30. The average Bonchev–Trinajstić information content (AvgIpc) is 3.31. The van der Waals surface area contributed by atoms with Crippen LogP contribution in [-0.2, 0) is 22.6 Å². The van der Waals surface area contributed by atoms with E-state index >= 15 is 0 Å². The third-order valence-corrected chi connectivity index (χ3v) is 7.40. The zero-order valence-electron chi connectivity index (χ0n) is 20.7. The molecule has 2 aliphatic rings. The van der Waals surface area contributed by atoms with Gasteiger partial charge in [0.2, 0.25) is 5.91 Å². The summed E-state index contributed by atoms with van der Waals surface area (Å²) in [5, 5.41) is 2.02. The van der Waals surface area contributed by atoms with Crippen molar-refractivity contribution in [2.75, 3.05) is 19.8 Å². The van der Waals surface area contributed by atoms with Crippen molar-refractivity contribution in [1.82, 2.24) is 24.4 Å². The van der Waals surface area contributed by atoms with E-state index in [4.69, 9.17) is 20.4 Å². The highest BCUT2D eigenvalue weighted by Crippen LogP contribution is 2.37. The minimum absolute atomic E-state index is 0.